The van der Waals surface area contributed by atoms with Crippen LogP contribution in [0.1, 0.15) is 25.7 Å². The highest BCUT2D eigenvalue weighted by molar-refractivity contribution is 5.12. The second-order valence-electron chi connectivity index (χ2n) is 5.28. The molecule has 1 fully saturated rings. The molecular weight excluding hydrogens is 241 g/mol. The van der Waals surface area contributed by atoms with E-state index in [-0.39, 0.29) is 12.0 Å². The predicted molar refractivity (Wildman–Crippen MR) is 65.4 cm³/mol. The number of nitrogens with zero attached hydrogens (tertiary/aromatic N) is 1. The number of nitrogens with one attached hydrogen (secondary N) is 1. The van der Waals surface area contributed by atoms with Crippen LogP contribution < -0.4 is 5.32 Å². The van der Waals surface area contributed by atoms with E-state index in [0.717, 1.165) is 32.0 Å². The molecule has 0 spiro atoms. The van der Waals surface area contributed by atoms with E-state index in [1.807, 2.05) is 0 Å². The van der Waals surface area contributed by atoms with Crippen LogP contribution in [0.3, 0.4) is 0 Å². The topological polar surface area (TPSA) is 15.3 Å². The Bertz CT molecular complexity index is 293. The fraction of sp³-hybridized carbons (Fsp3) is 0.846. The summed E-state index contributed by atoms with van der Waals surface area (Å²) in [6.45, 7) is 4.16. The Labute approximate surface area is 106 Å². The average Bonchev–Trinajstić information content (AvgIpc) is 2.82. The molecule has 1 N–H and O–H groups in total. The van der Waals surface area contributed by atoms with Gasteiger partial charge in [0.25, 0.3) is 0 Å². The Balaban J connectivity index is 1.65. The molecule has 0 aliphatic carbocycles. The number of hydrogen-bond acceptors (Lipinski definition) is 2. The van der Waals surface area contributed by atoms with E-state index in [0.29, 0.717) is 13.1 Å². The molecule has 0 aromatic heterocycles. The fourth-order valence-electron chi connectivity index (χ4n) is 2.74. The second-order valence-corrected chi connectivity index (χ2v) is 5.28. The molecule has 0 bridgehead atoms. The van der Waals surface area contributed by atoms with Crippen LogP contribution in [0, 0.1) is 5.92 Å². The standard InChI is InChI=1S/C13H21F3N2/c14-13(15,16)12-4-8-18(9-5-12)7-1-2-11-3-6-17-10-11/h4,11,17H,1-3,5-10H2. The Hall–Kier alpha value is -0.550. The molecule has 2 rings (SSSR count). The van der Waals surface area contributed by atoms with Gasteiger partial charge < -0.3 is 5.32 Å². The van der Waals surface area contributed by atoms with E-state index in [2.05, 4.69) is 10.2 Å². The van der Waals surface area contributed by atoms with Crippen molar-refractivity contribution in [3.05, 3.63) is 11.6 Å². The number of alkyl halides is 3. The highest BCUT2D eigenvalue weighted by Gasteiger charge is 2.34. The summed E-state index contributed by atoms with van der Waals surface area (Å²) in [5.41, 5.74) is -0.348. The normalized spacial score (nSPS) is 26.4. The Morgan fingerprint density at radius 2 is 2.22 bits per heavy atom. The number of hydrogen-bond donors (Lipinski definition) is 1. The molecule has 104 valence electrons. The summed E-state index contributed by atoms with van der Waals surface area (Å²) in [6, 6.07) is 0. The average molecular weight is 262 g/mol. The molecule has 0 amide bonds. The minimum atomic E-state index is -4.12. The van der Waals surface area contributed by atoms with Crippen molar-refractivity contribution in [3.8, 4) is 0 Å². The Kier molecular flexibility index (Phi) is 4.67. The predicted octanol–water partition coefficient (Wildman–Crippen LogP) is 2.57. The number of halogens is 3. The van der Waals surface area contributed by atoms with E-state index in [9.17, 15) is 13.2 Å². The minimum Gasteiger partial charge on any atom is -0.316 e. The van der Waals surface area contributed by atoms with Crippen molar-refractivity contribution >= 4 is 0 Å². The third kappa shape index (κ3) is 3.99. The molecule has 18 heavy (non-hydrogen) atoms. The number of rotatable bonds is 4. The largest absolute Gasteiger partial charge is 0.412 e. The van der Waals surface area contributed by atoms with Crippen LogP contribution in [-0.2, 0) is 0 Å². The van der Waals surface area contributed by atoms with Gasteiger partial charge in [0.1, 0.15) is 0 Å². The third-order valence-corrected chi connectivity index (χ3v) is 3.91. The van der Waals surface area contributed by atoms with Crippen molar-refractivity contribution in [3.63, 3.8) is 0 Å². The Morgan fingerprint density at radius 3 is 2.78 bits per heavy atom. The maximum absolute atomic E-state index is 12.4. The van der Waals surface area contributed by atoms with Gasteiger partial charge in [-0.05, 0) is 51.2 Å². The summed E-state index contributed by atoms with van der Waals surface area (Å²) in [4.78, 5) is 2.12. The van der Waals surface area contributed by atoms with Crippen LogP contribution in [0.25, 0.3) is 0 Å². The molecule has 2 heterocycles. The maximum atomic E-state index is 12.4. The highest BCUT2D eigenvalue weighted by Crippen LogP contribution is 2.30. The van der Waals surface area contributed by atoms with Crippen LogP contribution in [0.2, 0.25) is 0 Å². The van der Waals surface area contributed by atoms with Gasteiger partial charge in [0.2, 0.25) is 0 Å². The first kappa shape index (κ1) is 13.9. The third-order valence-electron chi connectivity index (χ3n) is 3.91. The smallest absolute Gasteiger partial charge is 0.316 e. The SMILES string of the molecule is FC(F)(F)C1=CCN(CCCC2CCNC2)CC1. The molecule has 1 unspecified atom stereocenters. The van der Waals surface area contributed by atoms with Gasteiger partial charge in [-0.15, -0.1) is 0 Å². The first-order chi connectivity index (χ1) is 8.55. The first-order valence-corrected chi connectivity index (χ1v) is 6.75. The summed E-state index contributed by atoms with van der Waals surface area (Å²) >= 11 is 0. The van der Waals surface area contributed by atoms with Crippen molar-refractivity contribution in [1.29, 1.82) is 0 Å². The fourth-order valence-corrected chi connectivity index (χ4v) is 2.74. The summed E-state index contributed by atoms with van der Waals surface area (Å²) < 4.78 is 37.3. The van der Waals surface area contributed by atoms with Gasteiger partial charge in [-0.3, -0.25) is 4.90 Å². The summed E-state index contributed by atoms with van der Waals surface area (Å²) in [5, 5.41) is 3.34. The zero-order valence-electron chi connectivity index (χ0n) is 10.6. The van der Waals surface area contributed by atoms with Crippen LogP contribution in [-0.4, -0.2) is 43.8 Å². The molecule has 0 saturated carbocycles. The van der Waals surface area contributed by atoms with E-state index in [4.69, 9.17) is 0 Å². The van der Waals surface area contributed by atoms with Gasteiger partial charge in [0.05, 0.1) is 0 Å². The Morgan fingerprint density at radius 1 is 1.39 bits per heavy atom. The van der Waals surface area contributed by atoms with Gasteiger partial charge >= 0.3 is 6.18 Å². The minimum absolute atomic E-state index is 0.147. The summed E-state index contributed by atoms with van der Waals surface area (Å²) in [7, 11) is 0. The molecule has 0 aromatic carbocycles. The first-order valence-electron chi connectivity index (χ1n) is 6.75. The molecule has 2 aliphatic heterocycles. The van der Waals surface area contributed by atoms with Crippen molar-refractivity contribution in [2.45, 2.75) is 31.9 Å². The molecule has 2 nitrogen and oxygen atoms in total. The zero-order valence-corrected chi connectivity index (χ0v) is 10.6. The quantitative estimate of drug-likeness (QED) is 0.783. The van der Waals surface area contributed by atoms with Crippen molar-refractivity contribution < 1.29 is 13.2 Å². The lowest BCUT2D eigenvalue weighted by Gasteiger charge is -2.27. The van der Waals surface area contributed by atoms with Crippen molar-refractivity contribution in [2.75, 3.05) is 32.7 Å². The van der Waals surface area contributed by atoms with Crippen LogP contribution in [0.4, 0.5) is 13.2 Å². The summed E-state index contributed by atoms with van der Waals surface area (Å²) in [5.74, 6) is 0.774. The van der Waals surface area contributed by atoms with Gasteiger partial charge in [-0.1, -0.05) is 6.08 Å². The monoisotopic (exact) mass is 262 g/mol. The van der Waals surface area contributed by atoms with E-state index < -0.39 is 6.18 Å². The molecule has 2 aliphatic rings. The van der Waals surface area contributed by atoms with Gasteiger partial charge in [0, 0.05) is 18.7 Å². The van der Waals surface area contributed by atoms with E-state index in [1.54, 1.807) is 0 Å². The highest BCUT2D eigenvalue weighted by atomic mass is 19.4. The lowest BCUT2D eigenvalue weighted by Crippen LogP contribution is -2.32. The molecule has 1 atom stereocenters. The molecule has 0 radical (unpaired) electrons. The molecule has 0 aromatic rings. The lowest BCUT2D eigenvalue weighted by molar-refractivity contribution is -0.0960. The van der Waals surface area contributed by atoms with Gasteiger partial charge in [0.15, 0.2) is 0 Å². The maximum Gasteiger partial charge on any atom is 0.412 e. The van der Waals surface area contributed by atoms with Gasteiger partial charge in [-0.2, -0.15) is 13.2 Å². The van der Waals surface area contributed by atoms with E-state index in [1.165, 1.54) is 18.9 Å². The lowest BCUT2D eigenvalue weighted by atomic mass is 10.0. The van der Waals surface area contributed by atoms with E-state index >= 15 is 0 Å². The van der Waals surface area contributed by atoms with Crippen molar-refractivity contribution in [2.24, 2.45) is 5.92 Å². The van der Waals surface area contributed by atoms with Crippen LogP contribution in [0.15, 0.2) is 11.6 Å². The zero-order chi connectivity index (χ0) is 13.0. The molecule has 5 heteroatoms. The molecule has 1 saturated heterocycles. The van der Waals surface area contributed by atoms with Crippen LogP contribution in [0.5, 0.6) is 0 Å². The second kappa shape index (κ2) is 6.06. The van der Waals surface area contributed by atoms with Gasteiger partial charge in [-0.25, -0.2) is 0 Å². The van der Waals surface area contributed by atoms with Crippen LogP contribution >= 0.6 is 0 Å². The summed E-state index contributed by atoms with van der Waals surface area (Å²) in [6.07, 6.45) is 0.912. The molecular formula is C13H21F3N2. The van der Waals surface area contributed by atoms with Crippen molar-refractivity contribution in [1.82, 2.24) is 10.2 Å².